The summed E-state index contributed by atoms with van der Waals surface area (Å²) in [5.74, 6) is -0.249. The van der Waals surface area contributed by atoms with Gasteiger partial charge in [0, 0.05) is 6.08 Å². The average molecular weight is 280 g/mol. The fourth-order valence-electron chi connectivity index (χ4n) is 3.10. The van der Waals surface area contributed by atoms with E-state index in [4.69, 9.17) is 4.74 Å². The van der Waals surface area contributed by atoms with Gasteiger partial charge in [-0.2, -0.15) is 0 Å². The van der Waals surface area contributed by atoms with Crippen molar-refractivity contribution in [2.24, 2.45) is 11.8 Å². The molecule has 2 rings (SSSR count). The molecule has 0 unspecified atom stereocenters. The standard InChI is InChI=1S/C16H24O4/c1-11-5-3-2-4-6-12-9-13(17)10-14(12)15(18)7-8-16(19)20-11/h4,6-8,11-15,17-18H,2-3,5,9-10H2,1H3/b6-4+,8-7-/t11-,12-,13+,14-,15-/m1/s1. The van der Waals surface area contributed by atoms with Crippen LogP contribution in [0.5, 0.6) is 0 Å². The second kappa shape index (κ2) is 7.04. The smallest absolute Gasteiger partial charge is 0.330 e. The van der Waals surface area contributed by atoms with Crippen LogP contribution in [-0.2, 0) is 9.53 Å². The Morgan fingerprint density at radius 2 is 2.05 bits per heavy atom. The summed E-state index contributed by atoms with van der Waals surface area (Å²) in [6, 6.07) is 0. The highest BCUT2D eigenvalue weighted by molar-refractivity contribution is 5.82. The molecule has 0 spiro atoms. The first-order valence-electron chi connectivity index (χ1n) is 7.48. The number of carbonyl (C=O) groups excluding carboxylic acids is 1. The Kier molecular flexibility index (Phi) is 5.38. The Hall–Kier alpha value is -1.13. The molecule has 0 radical (unpaired) electrons. The molecule has 1 saturated carbocycles. The van der Waals surface area contributed by atoms with E-state index in [1.807, 2.05) is 6.92 Å². The quantitative estimate of drug-likeness (QED) is 0.526. The highest BCUT2D eigenvalue weighted by Gasteiger charge is 2.35. The van der Waals surface area contributed by atoms with Crippen molar-refractivity contribution in [3.8, 4) is 0 Å². The van der Waals surface area contributed by atoms with Gasteiger partial charge in [-0.1, -0.05) is 12.2 Å². The minimum atomic E-state index is -0.717. The van der Waals surface area contributed by atoms with Gasteiger partial charge < -0.3 is 14.9 Å². The van der Waals surface area contributed by atoms with Crippen LogP contribution < -0.4 is 0 Å². The highest BCUT2D eigenvalue weighted by Crippen LogP contribution is 2.36. The van der Waals surface area contributed by atoms with E-state index in [9.17, 15) is 15.0 Å². The predicted molar refractivity (Wildman–Crippen MR) is 75.9 cm³/mol. The predicted octanol–water partition coefficient (Wildman–Crippen LogP) is 1.96. The molecule has 4 nitrogen and oxygen atoms in total. The van der Waals surface area contributed by atoms with E-state index in [0.29, 0.717) is 12.8 Å². The Balaban J connectivity index is 2.11. The summed E-state index contributed by atoms with van der Waals surface area (Å²) in [5.41, 5.74) is 0. The molecule has 1 fully saturated rings. The normalized spacial score (nSPS) is 42.5. The molecule has 112 valence electrons. The maximum absolute atomic E-state index is 11.6. The van der Waals surface area contributed by atoms with Gasteiger partial charge in [0.15, 0.2) is 0 Å². The van der Waals surface area contributed by atoms with Gasteiger partial charge in [0.1, 0.15) is 0 Å². The van der Waals surface area contributed by atoms with Gasteiger partial charge in [0.05, 0.1) is 18.3 Å². The van der Waals surface area contributed by atoms with Gasteiger partial charge in [0.2, 0.25) is 0 Å². The van der Waals surface area contributed by atoms with Crippen LogP contribution in [0.25, 0.3) is 0 Å². The van der Waals surface area contributed by atoms with Crippen LogP contribution in [0.3, 0.4) is 0 Å². The molecule has 1 heterocycles. The summed E-state index contributed by atoms with van der Waals surface area (Å²) >= 11 is 0. The molecule has 1 aliphatic carbocycles. The van der Waals surface area contributed by atoms with E-state index in [1.54, 1.807) is 0 Å². The number of allylic oxidation sites excluding steroid dienone is 2. The Morgan fingerprint density at radius 1 is 1.25 bits per heavy atom. The van der Waals surface area contributed by atoms with Gasteiger partial charge in [-0.25, -0.2) is 4.79 Å². The zero-order valence-electron chi connectivity index (χ0n) is 11.9. The first kappa shape index (κ1) is 15.3. The van der Waals surface area contributed by atoms with Crippen molar-refractivity contribution in [3.05, 3.63) is 24.3 Å². The molecule has 2 aliphatic rings. The van der Waals surface area contributed by atoms with Crippen molar-refractivity contribution in [2.75, 3.05) is 0 Å². The molecule has 5 atom stereocenters. The zero-order valence-corrected chi connectivity index (χ0v) is 11.9. The van der Waals surface area contributed by atoms with E-state index in [0.717, 1.165) is 19.3 Å². The van der Waals surface area contributed by atoms with Gasteiger partial charge >= 0.3 is 5.97 Å². The van der Waals surface area contributed by atoms with Gasteiger partial charge in [-0.05, 0) is 56.9 Å². The first-order valence-corrected chi connectivity index (χ1v) is 7.48. The molecular formula is C16H24O4. The van der Waals surface area contributed by atoms with Crippen molar-refractivity contribution in [1.29, 1.82) is 0 Å². The van der Waals surface area contributed by atoms with Crippen molar-refractivity contribution in [2.45, 2.75) is 57.3 Å². The second-order valence-corrected chi connectivity index (χ2v) is 5.91. The summed E-state index contributed by atoms with van der Waals surface area (Å²) in [7, 11) is 0. The van der Waals surface area contributed by atoms with Crippen LogP contribution in [-0.4, -0.2) is 34.5 Å². The second-order valence-electron chi connectivity index (χ2n) is 5.91. The molecule has 4 heteroatoms. The van der Waals surface area contributed by atoms with Crippen molar-refractivity contribution < 1.29 is 19.7 Å². The first-order chi connectivity index (χ1) is 9.56. The molecule has 2 N–H and O–H groups in total. The number of aliphatic hydroxyl groups excluding tert-OH is 2. The van der Waals surface area contributed by atoms with E-state index < -0.39 is 12.1 Å². The maximum Gasteiger partial charge on any atom is 0.330 e. The van der Waals surface area contributed by atoms with Gasteiger partial charge in [-0.15, -0.1) is 0 Å². The summed E-state index contributed by atoms with van der Waals surface area (Å²) in [4.78, 5) is 11.6. The van der Waals surface area contributed by atoms with Crippen molar-refractivity contribution in [3.63, 3.8) is 0 Å². The summed E-state index contributed by atoms with van der Waals surface area (Å²) < 4.78 is 5.23. The average Bonchev–Trinajstić information content (AvgIpc) is 2.76. The van der Waals surface area contributed by atoms with Crippen LogP contribution >= 0.6 is 0 Å². The van der Waals surface area contributed by atoms with E-state index in [1.165, 1.54) is 12.2 Å². The lowest BCUT2D eigenvalue weighted by Gasteiger charge is -2.19. The monoisotopic (exact) mass is 280 g/mol. The molecule has 0 amide bonds. The number of fused-ring (bicyclic) bond motifs is 1. The van der Waals surface area contributed by atoms with Crippen molar-refractivity contribution >= 4 is 5.97 Å². The molecule has 0 bridgehead atoms. The van der Waals surface area contributed by atoms with Crippen LogP contribution in [0.15, 0.2) is 24.3 Å². The molecule has 20 heavy (non-hydrogen) atoms. The summed E-state index contributed by atoms with van der Waals surface area (Å²) in [6.07, 6.45) is 9.87. The molecule has 0 aromatic heterocycles. The topological polar surface area (TPSA) is 66.8 Å². The Labute approximate surface area is 120 Å². The van der Waals surface area contributed by atoms with Gasteiger partial charge in [0.25, 0.3) is 0 Å². The lowest BCUT2D eigenvalue weighted by molar-refractivity contribution is -0.142. The Bertz CT molecular complexity index is 388. The lowest BCUT2D eigenvalue weighted by Crippen LogP contribution is -2.21. The fraction of sp³-hybridized carbons (Fsp3) is 0.688. The van der Waals surface area contributed by atoms with Crippen LogP contribution in [0.4, 0.5) is 0 Å². The number of ether oxygens (including phenoxy) is 1. The number of carbonyl (C=O) groups is 1. The van der Waals surface area contributed by atoms with Crippen LogP contribution in [0, 0.1) is 11.8 Å². The minimum absolute atomic E-state index is 0.0246. The number of cyclic esters (lactones) is 1. The van der Waals surface area contributed by atoms with Crippen LogP contribution in [0.1, 0.15) is 39.0 Å². The minimum Gasteiger partial charge on any atom is -0.460 e. The molecule has 0 aromatic rings. The van der Waals surface area contributed by atoms with E-state index >= 15 is 0 Å². The zero-order chi connectivity index (χ0) is 14.5. The number of esters is 1. The SMILES string of the molecule is C[C@@H]1CCC/C=C/[C@@H]2C[C@H](O)C[C@H]2[C@H](O)/C=C\C(=O)O1. The maximum atomic E-state index is 11.6. The third-order valence-corrected chi connectivity index (χ3v) is 4.19. The Morgan fingerprint density at radius 3 is 2.85 bits per heavy atom. The molecular weight excluding hydrogens is 256 g/mol. The van der Waals surface area contributed by atoms with Crippen LogP contribution in [0.2, 0.25) is 0 Å². The number of rotatable bonds is 0. The number of hydrogen-bond acceptors (Lipinski definition) is 4. The summed E-state index contributed by atoms with van der Waals surface area (Å²) in [5, 5.41) is 20.0. The third kappa shape index (κ3) is 4.18. The van der Waals surface area contributed by atoms with E-state index in [2.05, 4.69) is 12.2 Å². The fourth-order valence-corrected chi connectivity index (χ4v) is 3.10. The highest BCUT2D eigenvalue weighted by atomic mass is 16.5. The van der Waals surface area contributed by atoms with Gasteiger partial charge in [-0.3, -0.25) is 0 Å². The molecule has 0 saturated heterocycles. The largest absolute Gasteiger partial charge is 0.460 e. The van der Waals surface area contributed by atoms with E-state index in [-0.39, 0.29) is 24.0 Å². The van der Waals surface area contributed by atoms with Crippen molar-refractivity contribution in [1.82, 2.24) is 0 Å². The lowest BCUT2D eigenvalue weighted by atomic mass is 9.90. The number of aliphatic hydroxyl groups is 2. The molecule has 1 aliphatic heterocycles. The summed E-state index contributed by atoms with van der Waals surface area (Å²) in [6.45, 7) is 1.89. The molecule has 0 aromatic carbocycles. The number of hydrogen-bond donors (Lipinski definition) is 2. The third-order valence-electron chi connectivity index (χ3n) is 4.19.